The molecule has 1 aromatic heterocycles. The van der Waals surface area contributed by atoms with Crippen LogP contribution in [0.1, 0.15) is 5.56 Å². The van der Waals surface area contributed by atoms with Crippen LogP contribution in [0.15, 0.2) is 48.7 Å². The van der Waals surface area contributed by atoms with Crippen molar-refractivity contribution in [1.29, 1.82) is 0 Å². The minimum absolute atomic E-state index is 0.668. The van der Waals surface area contributed by atoms with Crippen LogP contribution in [0.5, 0.6) is 11.5 Å². The number of aromatic amines is 1. The molecule has 2 N–H and O–H groups in total. The van der Waals surface area contributed by atoms with Crippen LogP contribution < -0.4 is 10.1 Å². The van der Waals surface area contributed by atoms with Crippen molar-refractivity contribution < 1.29 is 4.74 Å². The fraction of sp³-hybridized carbons (Fsp3) is 0.125. The van der Waals surface area contributed by atoms with Gasteiger partial charge in [0.1, 0.15) is 11.5 Å². The van der Waals surface area contributed by atoms with Crippen LogP contribution in [0, 0.1) is 0 Å². The zero-order valence-corrected chi connectivity index (χ0v) is 11.9. The second kappa shape index (κ2) is 5.57. The highest BCUT2D eigenvalue weighted by molar-refractivity contribution is 6.30. The van der Waals surface area contributed by atoms with Gasteiger partial charge < -0.3 is 15.0 Å². The van der Waals surface area contributed by atoms with E-state index in [4.69, 9.17) is 16.3 Å². The van der Waals surface area contributed by atoms with Crippen LogP contribution in [0.2, 0.25) is 5.02 Å². The number of fused-ring (bicyclic) bond motifs is 1. The van der Waals surface area contributed by atoms with E-state index in [9.17, 15) is 0 Å². The Hall–Kier alpha value is -1.97. The molecule has 0 saturated carbocycles. The van der Waals surface area contributed by atoms with E-state index in [1.807, 2.05) is 55.7 Å². The van der Waals surface area contributed by atoms with Crippen molar-refractivity contribution in [2.45, 2.75) is 6.54 Å². The monoisotopic (exact) mass is 286 g/mol. The van der Waals surface area contributed by atoms with Crippen LogP contribution in [0.25, 0.3) is 10.9 Å². The molecule has 3 aromatic rings. The highest BCUT2D eigenvalue weighted by Crippen LogP contribution is 2.32. The Labute approximate surface area is 122 Å². The van der Waals surface area contributed by atoms with E-state index >= 15 is 0 Å². The smallest absolute Gasteiger partial charge is 0.136 e. The third-order valence-corrected chi connectivity index (χ3v) is 3.41. The molecular weight excluding hydrogens is 272 g/mol. The first kappa shape index (κ1) is 13.0. The van der Waals surface area contributed by atoms with Gasteiger partial charge in [-0.25, -0.2) is 0 Å². The lowest BCUT2D eigenvalue weighted by atomic mass is 10.2. The summed E-state index contributed by atoms with van der Waals surface area (Å²) < 4.78 is 6.07. The highest BCUT2D eigenvalue weighted by Gasteiger charge is 2.08. The van der Waals surface area contributed by atoms with Gasteiger partial charge in [-0.2, -0.15) is 0 Å². The lowest BCUT2D eigenvalue weighted by molar-refractivity contribution is 0.480. The number of benzene rings is 2. The van der Waals surface area contributed by atoms with Crippen molar-refractivity contribution >= 4 is 22.5 Å². The molecule has 1 heterocycles. The molecule has 0 aliphatic rings. The van der Waals surface area contributed by atoms with Crippen LogP contribution in [-0.2, 0) is 6.54 Å². The van der Waals surface area contributed by atoms with Crippen LogP contribution in [-0.4, -0.2) is 12.0 Å². The van der Waals surface area contributed by atoms with Gasteiger partial charge in [0.2, 0.25) is 0 Å². The van der Waals surface area contributed by atoms with Crippen LogP contribution in [0.4, 0.5) is 0 Å². The summed E-state index contributed by atoms with van der Waals surface area (Å²) in [5, 5.41) is 4.86. The summed E-state index contributed by atoms with van der Waals surface area (Å²) in [5.74, 6) is 1.60. The third kappa shape index (κ3) is 2.50. The molecule has 0 bridgehead atoms. The van der Waals surface area contributed by atoms with Crippen molar-refractivity contribution in [1.82, 2.24) is 10.3 Å². The fourth-order valence-corrected chi connectivity index (χ4v) is 2.39. The fourth-order valence-electron chi connectivity index (χ4n) is 2.22. The number of aromatic nitrogens is 1. The van der Waals surface area contributed by atoms with E-state index in [0.29, 0.717) is 5.02 Å². The molecule has 2 aromatic carbocycles. The number of halogens is 1. The molecule has 0 aliphatic heterocycles. The Bertz CT molecular complexity index is 736. The first-order valence-corrected chi connectivity index (χ1v) is 6.83. The van der Waals surface area contributed by atoms with Gasteiger partial charge in [-0.1, -0.05) is 23.7 Å². The molecule has 3 nitrogen and oxygen atoms in total. The average molecular weight is 287 g/mol. The topological polar surface area (TPSA) is 37.0 Å². The summed E-state index contributed by atoms with van der Waals surface area (Å²) in [6.07, 6.45) is 1.91. The predicted octanol–water partition coefficient (Wildman–Crippen LogP) is 4.33. The largest absolute Gasteiger partial charge is 0.456 e. The summed E-state index contributed by atoms with van der Waals surface area (Å²) in [4.78, 5) is 3.18. The third-order valence-electron chi connectivity index (χ3n) is 3.17. The second-order valence-corrected chi connectivity index (χ2v) is 5.02. The van der Waals surface area contributed by atoms with Gasteiger partial charge in [0.15, 0.2) is 0 Å². The molecule has 0 aliphatic carbocycles. The number of ether oxygens (including phenoxy) is 1. The summed E-state index contributed by atoms with van der Waals surface area (Å²) in [6.45, 7) is 0.732. The predicted molar refractivity (Wildman–Crippen MR) is 82.6 cm³/mol. The molecule has 0 atom stereocenters. The molecule has 0 saturated heterocycles. The standard InChI is InChI=1S/C16H15ClN2O/c1-18-10-11-5-6-12(17)9-16(11)20-15-4-2-3-14-13(15)7-8-19-14/h2-9,18-19H,10H2,1H3. The van der Waals surface area contributed by atoms with Crippen molar-refractivity contribution in [2.24, 2.45) is 0 Å². The number of hydrogen-bond donors (Lipinski definition) is 2. The maximum Gasteiger partial charge on any atom is 0.136 e. The Kier molecular flexibility index (Phi) is 3.63. The molecule has 4 heteroatoms. The molecule has 0 unspecified atom stereocenters. The lowest BCUT2D eigenvalue weighted by Crippen LogP contribution is -2.06. The van der Waals surface area contributed by atoms with Gasteiger partial charge in [-0.15, -0.1) is 0 Å². The van der Waals surface area contributed by atoms with Gasteiger partial charge in [-0.05, 0) is 37.4 Å². The maximum absolute atomic E-state index is 6.07. The minimum atomic E-state index is 0.668. The van der Waals surface area contributed by atoms with Crippen LogP contribution in [0.3, 0.4) is 0 Å². The van der Waals surface area contributed by atoms with Crippen molar-refractivity contribution in [3.8, 4) is 11.5 Å². The lowest BCUT2D eigenvalue weighted by Gasteiger charge is -2.12. The Balaban J connectivity index is 2.02. The molecular formula is C16H15ClN2O. The number of H-pyrrole nitrogens is 1. The molecule has 0 spiro atoms. The molecule has 0 radical (unpaired) electrons. The summed E-state index contributed by atoms with van der Waals surface area (Å²) >= 11 is 6.07. The van der Waals surface area contributed by atoms with E-state index in [-0.39, 0.29) is 0 Å². The minimum Gasteiger partial charge on any atom is -0.456 e. The van der Waals surface area contributed by atoms with Gasteiger partial charge in [0.25, 0.3) is 0 Å². The zero-order chi connectivity index (χ0) is 13.9. The van der Waals surface area contributed by atoms with Crippen molar-refractivity contribution in [3.63, 3.8) is 0 Å². The first-order chi connectivity index (χ1) is 9.78. The summed E-state index contributed by atoms with van der Waals surface area (Å²) in [7, 11) is 1.91. The normalized spacial score (nSPS) is 10.9. The molecule has 0 amide bonds. The zero-order valence-electron chi connectivity index (χ0n) is 11.1. The van der Waals surface area contributed by atoms with Gasteiger partial charge in [-0.3, -0.25) is 0 Å². The molecule has 0 fully saturated rings. The Morgan fingerprint density at radius 3 is 2.90 bits per heavy atom. The van der Waals surface area contributed by atoms with Gasteiger partial charge in [0, 0.05) is 34.2 Å². The van der Waals surface area contributed by atoms with E-state index in [1.165, 1.54) is 0 Å². The van der Waals surface area contributed by atoms with E-state index < -0.39 is 0 Å². The van der Waals surface area contributed by atoms with Crippen LogP contribution >= 0.6 is 11.6 Å². The number of nitrogens with one attached hydrogen (secondary N) is 2. The van der Waals surface area contributed by atoms with E-state index in [0.717, 1.165) is 34.5 Å². The SMILES string of the molecule is CNCc1ccc(Cl)cc1Oc1cccc2[nH]ccc12. The van der Waals surface area contributed by atoms with E-state index in [2.05, 4.69) is 10.3 Å². The van der Waals surface area contributed by atoms with E-state index in [1.54, 1.807) is 0 Å². The van der Waals surface area contributed by atoms with Crippen molar-refractivity contribution in [3.05, 3.63) is 59.2 Å². The Morgan fingerprint density at radius 2 is 2.05 bits per heavy atom. The van der Waals surface area contributed by atoms with Gasteiger partial charge >= 0.3 is 0 Å². The summed E-state index contributed by atoms with van der Waals surface area (Å²) in [5.41, 5.74) is 2.13. The number of rotatable bonds is 4. The second-order valence-electron chi connectivity index (χ2n) is 4.58. The maximum atomic E-state index is 6.07. The molecule has 102 valence electrons. The first-order valence-electron chi connectivity index (χ1n) is 6.45. The molecule has 20 heavy (non-hydrogen) atoms. The Morgan fingerprint density at radius 1 is 1.15 bits per heavy atom. The number of hydrogen-bond acceptors (Lipinski definition) is 2. The quantitative estimate of drug-likeness (QED) is 0.749. The summed E-state index contributed by atoms with van der Waals surface area (Å²) in [6, 6.07) is 13.7. The highest BCUT2D eigenvalue weighted by atomic mass is 35.5. The molecule has 3 rings (SSSR count). The van der Waals surface area contributed by atoms with Gasteiger partial charge in [0.05, 0.1) is 0 Å². The van der Waals surface area contributed by atoms with Crippen molar-refractivity contribution in [2.75, 3.05) is 7.05 Å². The average Bonchev–Trinajstić information content (AvgIpc) is 2.91.